The first-order chi connectivity index (χ1) is 12.4. The summed E-state index contributed by atoms with van der Waals surface area (Å²) >= 11 is 11.4. The lowest BCUT2D eigenvalue weighted by atomic mass is 9.53. The average Bonchev–Trinajstić information content (AvgIpc) is 2.54. The molecule has 4 bridgehead atoms. The Bertz CT molecular complexity index is 701. The minimum absolute atomic E-state index is 0.0657. The summed E-state index contributed by atoms with van der Waals surface area (Å²) in [7, 11) is 0. The van der Waals surface area contributed by atoms with Crippen molar-refractivity contribution in [2.45, 2.75) is 51.0 Å². The number of rotatable bonds is 4. The second kappa shape index (κ2) is 7.01. The number of carbonyl (C=O) groups excluding carboxylic acids is 1. The first kappa shape index (κ1) is 18.1. The second-order valence-electron chi connectivity index (χ2n) is 8.40. The summed E-state index contributed by atoms with van der Waals surface area (Å²) in [6.45, 7) is 1.84. The van der Waals surface area contributed by atoms with E-state index >= 15 is 0 Å². The fraction of sp³-hybridized carbons (Fsp3) is 0.600. The van der Waals surface area contributed by atoms with Crippen molar-refractivity contribution in [3.05, 3.63) is 28.8 Å². The molecule has 140 valence electrons. The van der Waals surface area contributed by atoms with E-state index in [9.17, 15) is 4.79 Å². The first-order valence-electron chi connectivity index (χ1n) is 9.42. The normalized spacial score (nSPS) is 31.5. The van der Waals surface area contributed by atoms with Crippen LogP contribution < -0.4 is 15.4 Å². The third-order valence-corrected chi connectivity index (χ3v) is 6.80. The highest BCUT2D eigenvalue weighted by Crippen LogP contribution is 2.55. The van der Waals surface area contributed by atoms with Crippen molar-refractivity contribution in [3.63, 3.8) is 0 Å². The molecule has 2 N–H and O–H groups in total. The summed E-state index contributed by atoms with van der Waals surface area (Å²) in [5.74, 6) is 2.90. The molecule has 5 rings (SSSR count). The van der Waals surface area contributed by atoms with Crippen LogP contribution in [0, 0.1) is 24.7 Å². The van der Waals surface area contributed by atoms with Gasteiger partial charge in [-0.15, -0.1) is 0 Å². The van der Waals surface area contributed by atoms with E-state index in [1.807, 2.05) is 13.0 Å². The predicted molar refractivity (Wildman–Crippen MR) is 106 cm³/mol. The molecule has 1 amide bonds. The van der Waals surface area contributed by atoms with Gasteiger partial charge in [-0.2, -0.15) is 0 Å². The Kier molecular flexibility index (Phi) is 4.86. The Hall–Kier alpha value is -1.33. The zero-order valence-corrected chi connectivity index (χ0v) is 16.6. The molecule has 0 aromatic heterocycles. The summed E-state index contributed by atoms with van der Waals surface area (Å²) < 4.78 is 5.54. The molecule has 4 aliphatic rings. The number of amides is 1. The van der Waals surface area contributed by atoms with Crippen molar-refractivity contribution >= 4 is 34.8 Å². The summed E-state index contributed by atoms with van der Waals surface area (Å²) in [5.41, 5.74) is 1.02. The fourth-order valence-electron chi connectivity index (χ4n) is 5.55. The third-order valence-electron chi connectivity index (χ3n) is 6.17. The van der Waals surface area contributed by atoms with Crippen molar-refractivity contribution in [2.75, 3.05) is 6.61 Å². The highest BCUT2D eigenvalue weighted by molar-refractivity contribution is 7.80. The Morgan fingerprint density at radius 1 is 1.23 bits per heavy atom. The van der Waals surface area contributed by atoms with Crippen molar-refractivity contribution < 1.29 is 9.53 Å². The van der Waals surface area contributed by atoms with E-state index < -0.39 is 0 Å². The third kappa shape index (κ3) is 3.84. The molecule has 0 atom stereocenters. The van der Waals surface area contributed by atoms with Crippen LogP contribution in [-0.2, 0) is 4.79 Å². The van der Waals surface area contributed by atoms with E-state index in [4.69, 9.17) is 28.6 Å². The molecule has 0 radical (unpaired) electrons. The van der Waals surface area contributed by atoms with Gasteiger partial charge in [-0.3, -0.25) is 4.79 Å². The molecule has 1 aromatic rings. The van der Waals surface area contributed by atoms with Crippen LogP contribution in [0.2, 0.25) is 5.02 Å². The van der Waals surface area contributed by atoms with Gasteiger partial charge in [0.05, 0.1) is 0 Å². The lowest BCUT2D eigenvalue weighted by Gasteiger charge is -2.57. The maximum Gasteiger partial charge on any atom is 0.264 e. The summed E-state index contributed by atoms with van der Waals surface area (Å²) in [6, 6.07) is 5.35. The van der Waals surface area contributed by atoms with Crippen LogP contribution in [0.25, 0.3) is 0 Å². The van der Waals surface area contributed by atoms with Crippen molar-refractivity contribution in [2.24, 2.45) is 17.8 Å². The number of ether oxygens (including phenoxy) is 1. The molecule has 4 aliphatic carbocycles. The van der Waals surface area contributed by atoms with Crippen LogP contribution in [-0.4, -0.2) is 23.2 Å². The number of halogens is 1. The largest absolute Gasteiger partial charge is 0.484 e. The highest BCUT2D eigenvalue weighted by atomic mass is 35.5. The van der Waals surface area contributed by atoms with Gasteiger partial charge < -0.3 is 15.4 Å². The first-order valence-corrected chi connectivity index (χ1v) is 10.2. The van der Waals surface area contributed by atoms with E-state index in [-0.39, 0.29) is 18.1 Å². The average molecular weight is 393 g/mol. The van der Waals surface area contributed by atoms with E-state index in [0.29, 0.717) is 15.9 Å². The maximum absolute atomic E-state index is 12.2. The summed E-state index contributed by atoms with van der Waals surface area (Å²) in [5, 5.41) is 7.40. The molecule has 6 heteroatoms. The lowest BCUT2D eigenvalue weighted by molar-refractivity contribution is -0.121. The molecule has 0 aliphatic heterocycles. The number of carbonyl (C=O) groups is 1. The number of nitrogens with one attached hydrogen (secondary N) is 2. The van der Waals surface area contributed by atoms with E-state index in [2.05, 4.69) is 10.6 Å². The minimum atomic E-state index is -0.236. The predicted octanol–water partition coefficient (Wildman–Crippen LogP) is 3.99. The number of aryl methyl sites for hydroxylation is 1. The molecule has 26 heavy (non-hydrogen) atoms. The molecule has 4 fully saturated rings. The van der Waals surface area contributed by atoms with Gasteiger partial charge >= 0.3 is 0 Å². The van der Waals surface area contributed by atoms with Gasteiger partial charge in [-0.05, 0) is 99.2 Å². The minimum Gasteiger partial charge on any atom is -0.484 e. The summed E-state index contributed by atoms with van der Waals surface area (Å²) in [4.78, 5) is 12.2. The van der Waals surface area contributed by atoms with Gasteiger partial charge in [0.1, 0.15) is 5.75 Å². The maximum atomic E-state index is 12.2. The number of hydrogen-bond acceptors (Lipinski definition) is 3. The molecular formula is C20H25ClN2O2S. The van der Waals surface area contributed by atoms with Gasteiger partial charge in [-0.1, -0.05) is 11.6 Å². The SMILES string of the molecule is Cc1cc(OCC(=O)NC(=S)NC23CC4CC(CC(C4)C2)C3)ccc1Cl. The zero-order chi connectivity index (χ0) is 18.3. The summed E-state index contributed by atoms with van der Waals surface area (Å²) in [6.07, 6.45) is 7.72. The highest BCUT2D eigenvalue weighted by Gasteiger charge is 2.51. The van der Waals surface area contributed by atoms with Gasteiger partial charge in [0.15, 0.2) is 11.7 Å². The van der Waals surface area contributed by atoms with Gasteiger partial charge in [0.25, 0.3) is 5.91 Å². The molecule has 4 saturated carbocycles. The molecular weight excluding hydrogens is 368 g/mol. The van der Waals surface area contributed by atoms with Crippen LogP contribution in [0.1, 0.15) is 44.1 Å². The molecule has 0 saturated heterocycles. The lowest BCUT2D eigenvalue weighted by Crippen LogP contribution is -2.62. The van der Waals surface area contributed by atoms with Crippen LogP contribution in [0.3, 0.4) is 0 Å². The zero-order valence-electron chi connectivity index (χ0n) is 15.0. The smallest absolute Gasteiger partial charge is 0.264 e. The molecule has 0 heterocycles. The van der Waals surface area contributed by atoms with Crippen LogP contribution in [0.15, 0.2) is 18.2 Å². The van der Waals surface area contributed by atoms with Crippen molar-refractivity contribution in [3.8, 4) is 5.75 Å². The number of thiocarbonyl (C=S) groups is 1. The number of benzene rings is 1. The molecule has 0 spiro atoms. The van der Waals surface area contributed by atoms with Gasteiger partial charge in [-0.25, -0.2) is 0 Å². The molecule has 1 aromatic carbocycles. The second-order valence-corrected chi connectivity index (χ2v) is 9.22. The van der Waals surface area contributed by atoms with Crippen molar-refractivity contribution in [1.29, 1.82) is 0 Å². The van der Waals surface area contributed by atoms with E-state index in [1.165, 1.54) is 38.5 Å². The molecule has 4 nitrogen and oxygen atoms in total. The monoisotopic (exact) mass is 392 g/mol. The quantitative estimate of drug-likeness (QED) is 0.761. The topological polar surface area (TPSA) is 50.4 Å². The van der Waals surface area contributed by atoms with Crippen LogP contribution in [0.4, 0.5) is 0 Å². The van der Waals surface area contributed by atoms with Crippen LogP contribution >= 0.6 is 23.8 Å². The van der Waals surface area contributed by atoms with Crippen LogP contribution in [0.5, 0.6) is 5.75 Å². The Morgan fingerprint density at radius 2 is 1.85 bits per heavy atom. The van der Waals surface area contributed by atoms with E-state index in [0.717, 1.165) is 23.3 Å². The Labute approximate surface area is 165 Å². The number of hydrogen-bond donors (Lipinski definition) is 2. The van der Waals surface area contributed by atoms with Crippen molar-refractivity contribution in [1.82, 2.24) is 10.6 Å². The Morgan fingerprint density at radius 3 is 2.42 bits per heavy atom. The van der Waals surface area contributed by atoms with Gasteiger partial charge in [0, 0.05) is 10.6 Å². The Balaban J connectivity index is 1.28. The molecule has 0 unspecified atom stereocenters. The van der Waals surface area contributed by atoms with E-state index in [1.54, 1.807) is 12.1 Å². The van der Waals surface area contributed by atoms with Gasteiger partial charge in [0.2, 0.25) is 0 Å². The fourth-order valence-corrected chi connectivity index (χ4v) is 6.00. The standard InChI is InChI=1S/C20H25ClN2O2S/c1-12-4-16(2-3-17(12)21)25-11-18(24)22-19(26)23-20-8-13-5-14(9-20)7-15(6-13)10-20/h2-4,13-15H,5-11H2,1H3,(H2,22,23,24,26).